The van der Waals surface area contributed by atoms with Crippen LogP contribution in [-0.4, -0.2) is 34.2 Å². The van der Waals surface area contributed by atoms with Gasteiger partial charge in [-0.05, 0) is 46.4 Å². The molecular weight excluding hydrogens is 504 g/mol. The van der Waals surface area contributed by atoms with Crippen LogP contribution >= 0.6 is 11.3 Å². The Kier molecular flexibility index (Phi) is 7.44. The monoisotopic (exact) mass is 536 g/mol. The number of hydrogen-bond acceptors (Lipinski definition) is 5. The highest BCUT2D eigenvalue weighted by atomic mass is 32.1. The molecule has 5 nitrogen and oxygen atoms in total. The summed E-state index contributed by atoms with van der Waals surface area (Å²) >= 11 is 1.57. The van der Waals surface area contributed by atoms with E-state index in [4.69, 9.17) is 14.5 Å². The van der Waals surface area contributed by atoms with Crippen molar-refractivity contribution >= 4 is 11.3 Å². The number of thiophene rings is 1. The van der Waals surface area contributed by atoms with Gasteiger partial charge in [0, 0.05) is 18.2 Å². The molecule has 1 aliphatic heterocycles. The SMILES string of the molecule is OC(CCC1OCCCO1)(c1ccsc1)c1cn(C(c2ccccc2)(c2ccccc2)c2ccccc2)cn1. The summed E-state index contributed by atoms with van der Waals surface area (Å²) < 4.78 is 13.8. The highest BCUT2D eigenvalue weighted by Crippen LogP contribution is 2.43. The Bertz CT molecular complexity index is 1350. The standard InChI is InChI=1S/C33H32N2O3S/c36-32(29-18-22-39-24-29,19-17-31-37-20-10-21-38-31)30-23-35(25-34-30)33(26-11-4-1-5-12-26,27-13-6-2-7-14-27)28-15-8-3-9-16-28/h1-9,11-16,18,22-25,31,36H,10,17,19-21H2. The number of rotatable bonds is 9. The van der Waals surface area contributed by atoms with E-state index in [2.05, 4.69) is 77.4 Å². The minimum atomic E-state index is -1.29. The van der Waals surface area contributed by atoms with Crippen molar-refractivity contribution in [3.63, 3.8) is 0 Å². The number of hydrogen-bond donors (Lipinski definition) is 1. The Hall–Kier alpha value is -3.55. The zero-order chi connectivity index (χ0) is 26.5. The molecule has 3 aromatic carbocycles. The fourth-order valence-electron chi connectivity index (χ4n) is 5.66. The Morgan fingerprint density at radius 1 is 0.795 bits per heavy atom. The minimum Gasteiger partial charge on any atom is -0.379 e. The average molecular weight is 537 g/mol. The fraction of sp³-hybridized carbons (Fsp3) is 0.242. The molecular formula is C33H32N2O3S. The summed E-state index contributed by atoms with van der Waals surface area (Å²) in [7, 11) is 0. The van der Waals surface area contributed by atoms with Gasteiger partial charge in [-0.2, -0.15) is 11.3 Å². The number of aromatic nitrogens is 2. The summed E-state index contributed by atoms with van der Waals surface area (Å²) in [5.74, 6) is 0. The van der Waals surface area contributed by atoms with Gasteiger partial charge >= 0.3 is 0 Å². The first-order valence-corrected chi connectivity index (χ1v) is 14.4. The quantitative estimate of drug-likeness (QED) is 0.217. The summed E-state index contributed by atoms with van der Waals surface area (Å²) in [6, 6.07) is 33.4. The molecule has 0 spiro atoms. The first-order chi connectivity index (χ1) is 19.2. The topological polar surface area (TPSA) is 56.5 Å². The van der Waals surface area contributed by atoms with Crippen molar-refractivity contribution in [2.45, 2.75) is 36.7 Å². The van der Waals surface area contributed by atoms with Crippen molar-refractivity contribution in [2.24, 2.45) is 0 Å². The lowest BCUT2D eigenvalue weighted by atomic mass is 9.76. The van der Waals surface area contributed by atoms with Gasteiger partial charge in [-0.15, -0.1) is 0 Å². The molecule has 1 fully saturated rings. The van der Waals surface area contributed by atoms with Crippen LogP contribution in [0.1, 0.15) is 47.2 Å². The van der Waals surface area contributed by atoms with Gasteiger partial charge in [-0.1, -0.05) is 91.0 Å². The molecule has 1 atom stereocenters. The second-order valence-electron chi connectivity index (χ2n) is 9.91. The largest absolute Gasteiger partial charge is 0.379 e. The van der Waals surface area contributed by atoms with Crippen LogP contribution in [0.5, 0.6) is 0 Å². The van der Waals surface area contributed by atoms with E-state index in [0.29, 0.717) is 31.7 Å². The maximum absolute atomic E-state index is 12.3. The lowest BCUT2D eigenvalue weighted by Crippen LogP contribution is -2.37. The predicted octanol–water partition coefficient (Wildman–Crippen LogP) is 6.56. The Labute approximate surface area is 233 Å². The van der Waals surface area contributed by atoms with Gasteiger partial charge in [0.05, 0.1) is 25.2 Å². The Morgan fingerprint density at radius 3 is 1.87 bits per heavy atom. The van der Waals surface area contributed by atoms with Crippen molar-refractivity contribution in [1.82, 2.24) is 9.55 Å². The second-order valence-corrected chi connectivity index (χ2v) is 10.7. The van der Waals surface area contributed by atoms with Crippen LogP contribution in [0.4, 0.5) is 0 Å². The zero-order valence-corrected chi connectivity index (χ0v) is 22.5. The van der Waals surface area contributed by atoms with Gasteiger partial charge < -0.3 is 19.1 Å². The van der Waals surface area contributed by atoms with Gasteiger partial charge in [0.2, 0.25) is 0 Å². The van der Waals surface area contributed by atoms with Crippen LogP contribution < -0.4 is 0 Å². The van der Waals surface area contributed by atoms with Crippen molar-refractivity contribution in [3.05, 3.63) is 148 Å². The first kappa shape index (κ1) is 25.7. The zero-order valence-electron chi connectivity index (χ0n) is 21.7. The highest BCUT2D eigenvalue weighted by Gasteiger charge is 2.41. The second kappa shape index (κ2) is 11.3. The molecule has 39 heavy (non-hydrogen) atoms. The summed E-state index contributed by atoms with van der Waals surface area (Å²) in [5.41, 5.74) is 2.77. The Balaban J connectivity index is 1.50. The molecule has 2 aromatic heterocycles. The lowest BCUT2D eigenvalue weighted by molar-refractivity contribution is -0.185. The molecule has 0 radical (unpaired) electrons. The van der Waals surface area contributed by atoms with E-state index in [-0.39, 0.29) is 6.29 Å². The molecule has 0 saturated carbocycles. The highest BCUT2D eigenvalue weighted by molar-refractivity contribution is 7.08. The van der Waals surface area contributed by atoms with E-state index in [1.807, 2.05) is 47.5 Å². The normalized spacial score (nSPS) is 16.1. The summed E-state index contributed by atoms with van der Waals surface area (Å²) in [6.07, 6.45) is 5.44. The van der Waals surface area contributed by atoms with Crippen molar-refractivity contribution < 1.29 is 14.6 Å². The molecule has 1 unspecified atom stereocenters. The van der Waals surface area contributed by atoms with E-state index in [1.165, 1.54) is 0 Å². The van der Waals surface area contributed by atoms with Crippen LogP contribution in [0.25, 0.3) is 0 Å². The van der Waals surface area contributed by atoms with Gasteiger partial charge in [0.25, 0.3) is 0 Å². The number of nitrogens with zero attached hydrogens (tertiary/aromatic N) is 2. The van der Waals surface area contributed by atoms with E-state index in [0.717, 1.165) is 28.7 Å². The number of benzene rings is 3. The van der Waals surface area contributed by atoms with E-state index in [1.54, 1.807) is 11.3 Å². The van der Waals surface area contributed by atoms with Crippen molar-refractivity contribution in [2.75, 3.05) is 13.2 Å². The van der Waals surface area contributed by atoms with Crippen molar-refractivity contribution in [3.8, 4) is 0 Å². The predicted molar refractivity (Wildman–Crippen MR) is 154 cm³/mol. The molecule has 3 heterocycles. The molecule has 0 amide bonds. The van der Waals surface area contributed by atoms with Crippen LogP contribution in [0.15, 0.2) is 120 Å². The first-order valence-electron chi connectivity index (χ1n) is 13.4. The summed E-state index contributed by atoms with van der Waals surface area (Å²) in [4.78, 5) is 4.89. The van der Waals surface area contributed by atoms with Gasteiger partial charge in [-0.25, -0.2) is 4.98 Å². The third kappa shape index (κ3) is 4.85. The van der Waals surface area contributed by atoms with Gasteiger partial charge in [-0.3, -0.25) is 0 Å². The third-order valence-electron chi connectivity index (χ3n) is 7.61. The average Bonchev–Trinajstić information content (AvgIpc) is 3.73. The van der Waals surface area contributed by atoms with E-state index >= 15 is 0 Å². The molecule has 0 bridgehead atoms. The fourth-order valence-corrected chi connectivity index (χ4v) is 6.38. The molecule has 6 rings (SSSR count). The molecule has 0 aliphatic carbocycles. The lowest BCUT2D eigenvalue weighted by Gasteiger charge is -2.37. The minimum absolute atomic E-state index is 0.317. The molecule has 6 heteroatoms. The number of aliphatic hydroxyl groups is 1. The summed E-state index contributed by atoms with van der Waals surface area (Å²) in [5, 5.41) is 16.3. The molecule has 1 aliphatic rings. The molecule has 1 saturated heterocycles. The summed E-state index contributed by atoms with van der Waals surface area (Å²) in [6.45, 7) is 1.37. The maximum atomic E-state index is 12.3. The van der Waals surface area contributed by atoms with Crippen LogP contribution in [-0.2, 0) is 20.6 Å². The van der Waals surface area contributed by atoms with Gasteiger partial charge in [0.1, 0.15) is 11.1 Å². The van der Waals surface area contributed by atoms with Gasteiger partial charge in [0.15, 0.2) is 6.29 Å². The van der Waals surface area contributed by atoms with Crippen LogP contribution in [0.3, 0.4) is 0 Å². The molecule has 198 valence electrons. The third-order valence-corrected chi connectivity index (χ3v) is 8.29. The van der Waals surface area contributed by atoms with Crippen LogP contribution in [0, 0.1) is 0 Å². The van der Waals surface area contributed by atoms with Crippen molar-refractivity contribution in [1.29, 1.82) is 0 Å². The number of imidazole rings is 1. The molecule has 5 aromatic rings. The van der Waals surface area contributed by atoms with Crippen LogP contribution in [0.2, 0.25) is 0 Å². The number of ether oxygens (including phenoxy) is 2. The molecule has 1 N–H and O–H groups in total. The van der Waals surface area contributed by atoms with E-state index < -0.39 is 11.1 Å². The van der Waals surface area contributed by atoms with E-state index in [9.17, 15) is 5.11 Å². The smallest absolute Gasteiger partial charge is 0.157 e. The maximum Gasteiger partial charge on any atom is 0.157 e. The Morgan fingerprint density at radius 2 is 1.36 bits per heavy atom.